The van der Waals surface area contributed by atoms with Gasteiger partial charge in [0, 0.05) is 5.69 Å². The van der Waals surface area contributed by atoms with Crippen LogP contribution in [0.1, 0.15) is 5.56 Å². The molecule has 0 atom stereocenters. The Morgan fingerprint density at radius 3 is 2.42 bits per heavy atom. The third-order valence-corrected chi connectivity index (χ3v) is 4.93. The van der Waals surface area contributed by atoms with Crippen molar-refractivity contribution in [1.29, 1.82) is 0 Å². The topological polar surface area (TPSA) is 71.1 Å². The molecule has 0 amide bonds. The maximum Gasteiger partial charge on any atom is 0.261 e. The fourth-order valence-corrected chi connectivity index (χ4v) is 3.37. The van der Waals surface area contributed by atoms with Crippen LogP contribution in [-0.4, -0.2) is 13.4 Å². The van der Waals surface area contributed by atoms with Crippen LogP contribution in [0.3, 0.4) is 0 Å². The Balaban J connectivity index is 1.75. The summed E-state index contributed by atoms with van der Waals surface area (Å²) in [5.41, 5.74) is 1.00. The van der Waals surface area contributed by atoms with E-state index in [1.54, 1.807) is 18.2 Å². The number of benzene rings is 2. The first-order valence-corrected chi connectivity index (χ1v) is 9.09. The van der Waals surface area contributed by atoms with E-state index < -0.39 is 15.8 Å². The quantitative estimate of drug-likeness (QED) is 0.701. The summed E-state index contributed by atoms with van der Waals surface area (Å²) in [5, 5.41) is 2.91. The standard InChI is InChI=1S/C18H15F2N3O2S/c1-12-9-16(6-7-17(12)20)26(24,25)23-15-5-8-18(21-11-15)22-14-4-2-3-13(19)10-14/h2-11,23H,1H3,(H,21,22). The number of anilines is 3. The SMILES string of the molecule is Cc1cc(S(=O)(=O)Nc2ccc(Nc3cccc(F)c3)nc2)ccc1F. The molecule has 5 nitrogen and oxygen atoms in total. The molecule has 3 aromatic rings. The highest BCUT2D eigenvalue weighted by Crippen LogP contribution is 2.20. The Labute approximate surface area is 149 Å². The normalized spacial score (nSPS) is 11.2. The van der Waals surface area contributed by atoms with Crippen molar-refractivity contribution in [2.24, 2.45) is 0 Å². The minimum atomic E-state index is -3.86. The van der Waals surface area contributed by atoms with Gasteiger partial charge in [0.05, 0.1) is 16.8 Å². The van der Waals surface area contributed by atoms with Gasteiger partial charge in [-0.25, -0.2) is 22.2 Å². The van der Waals surface area contributed by atoms with Crippen molar-refractivity contribution in [3.05, 3.63) is 78.0 Å². The van der Waals surface area contributed by atoms with E-state index >= 15 is 0 Å². The average molecular weight is 375 g/mol. The van der Waals surface area contributed by atoms with Crippen LogP contribution in [-0.2, 0) is 10.0 Å². The van der Waals surface area contributed by atoms with Crippen LogP contribution < -0.4 is 10.0 Å². The zero-order valence-corrected chi connectivity index (χ0v) is 14.5. The number of aryl methyl sites for hydroxylation is 1. The van der Waals surface area contributed by atoms with Crippen molar-refractivity contribution in [2.45, 2.75) is 11.8 Å². The summed E-state index contributed by atoms with van der Waals surface area (Å²) in [6.45, 7) is 1.49. The molecular formula is C18H15F2N3O2S. The molecule has 0 aliphatic carbocycles. The monoisotopic (exact) mass is 375 g/mol. The summed E-state index contributed by atoms with van der Waals surface area (Å²) >= 11 is 0. The fraction of sp³-hybridized carbons (Fsp3) is 0.0556. The van der Waals surface area contributed by atoms with Crippen LogP contribution in [0.4, 0.5) is 26.0 Å². The molecule has 8 heteroatoms. The zero-order chi connectivity index (χ0) is 18.7. The number of hydrogen-bond donors (Lipinski definition) is 2. The first-order chi connectivity index (χ1) is 12.3. The second-order valence-electron chi connectivity index (χ2n) is 5.58. The second kappa shape index (κ2) is 7.09. The van der Waals surface area contributed by atoms with E-state index in [0.717, 1.165) is 6.07 Å². The summed E-state index contributed by atoms with van der Waals surface area (Å²) in [7, 11) is -3.86. The maximum atomic E-state index is 13.3. The van der Waals surface area contributed by atoms with Crippen LogP contribution in [0.2, 0.25) is 0 Å². The van der Waals surface area contributed by atoms with Gasteiger partial charge in [0.2, 0.25) is 0 Å². The summed E-state index contributed by atoms with van der Waals surface area (Å²) < 4.78 is 53.6. The number of hydrogen-bond acceptors (Lipinski definition) is 4. The van der Waals surface area contributed by atoms with Gasteiger partial charge in [-0.05, 0) is 61.0 Å². The van der Waals surface area contributed by atoms with Gasteiger partial charge in [0.25, 0.3) is 10.0 Å². The summed E-state index contributed by atoms with van der Waals surface area (Å²) in [6, 6.07) is 12.5. The Morgan fingerprint density at radius 1 is 0.962 bits per heavy atom. The second-order valence-corrected chi connectivity index (χ2v) is 7.27. The molecule has 0 saturated carbocycles. The van der Waals surface area contributed by atoms with E-state index in [1.807, 2.05) is 0 Å². The van der Waals surface area contributed by atoms with Gasteiger partial charge in [-0.2, -0.15) is 0 Å². The number of aromatic nitrogens is 1. The van der Waals surface area contributed by atoms with Crippen LogP contribution in [0.15, 0.2) is 65.7 Å². The predicted octanol–water partition coefficient (Wildman–Crippen LogP) is 4.21. The predicted molar refractivity (Wildman–Crippen MR) is 95.9 cm³/mol. The highest BCUT2D eigenvalue weighted by Gasteiger charge is 2.15. The largest absolute Gasteiger partial charge is 0.340 e. The molecule has 26 heavy (non-hydrogen) atoms. The molecule has 1 aromatic heterocycles. The highest BCUT2D eigenvalue weighted by molar-refractivity contribution is 7.92. The number of sulfonamides is 1. The lowest BCUT2D eigenvalue weighted by molar-refractivity contribution is 0.598. The first-order valence-electron chi connectivity index (χ1n) is 7.61. The van der Waals surface area contributed by atoms with Gasteiger partial charge in [0.15, 0.2) is 0 Å². The van der Waals surface area contributed by atoms with Crippen LogP contribution in [0.25, 0.3) is 0 Å². The molecule has 0 bridgehead atoms. The Bertz CT molecular complexity index is 1040. The Hall–Kier alpha value is -3.00. The maximum absolute atomic E-state index is 13.3. The molecule has 2 aromatic carbocycles. The van der Waals surface area contributed by atoms with Crippen LogP contribution in [0, 0.1) is 18.6 Å². The summed E-state index contributed by atoms with van der Waals surface area (Å²) in [5.74, 6) is -0.427. The van der Waals surface area contributed by atoms with Crippen molar-refractivity contribution in [2.75, 3.05) is 10.0 Å². The molecule has 0 aliphatic rings. The number of pyridine rings is 1. The van der Waals surface area contributed by atoms with Crippen molar-refractivity contribution in [3.63, 3.8) is 0 Å². The summed E-state index contributed by atoms with van der Waals surface area (Å²) in [4.78, 5) is 4.05. The third-order valence-electron chi connectivity index (χ3n) is 3.55. The number of halogens is 2. The van der Waals surface area contributed by atoms with E-state index in [4.69, 9.17) is 0 Å². The third kappa shape index (κ3) is 4.15. The lowest BCUT2D eigenvalue weighted by Crippen LogP contribution is -2.13. The number of nitrogens with zero attached hydrogens (tertiary/aromatic N) is 1. The van der Waals surface area contributed by atoms with Crippen molar-refractivity contribution < 1.29 is 17.2 Å². The van der Waals surface area contributed by atoms with Crippen LogP contribution in [0.5, 0.6) is 0 Å². The molecule has 0 aliphatic heterocycles. The minimum absolute atomic E-state index is 0.0432. The van der Waals surface area contributed by atoms with Gasteiger partial charge >= 0.3 is 0 Å². The molecule has 3 rings (SSSR count). The van der Waals surface area contributed by atoms with Gasteiger partial charge in [-0.1, -0.05) is 6.07 Å². The van der Waals surface area contributed by atoms with Crippen molar-refractivity contribution >= 4 is 27.2 Å². The van der Waals surface area contributed by atoms with E-state index in [2.05, 4.69) is 15.0 Å². The molecule has 0 spiro atoms. The zero-order valence-electron chi connectivity index (χ0n) is 13.7. The van der Waals surface area contributed by atoms with Crippen molar-refractivity contribution in [1.82, 2.24) is 4.98 Å². The van der Waals surface area contributed by atoms with Gasteiger partial charge in [0.1, 0.15) is 17.5 Å². The average Bonchev–Trinajstić information content (AvgIpc) is 2.59. The lowest BCUT2D eigenvalue weighted by atomic mass is 10.2. The fourth-order valence-electron chi connectivity index (χ4n) is 2.24. The Morgan fingerprint density at radius 2 is 1.77 bits per heavy atom. The lowest BCUT2D eigenvalue weighted by Gasteiger charge is -2.10. The van der Waals surface area contributed by atoms with E-state index in [9.17, 15) is 17.2 Å². The van der Waals surface area contributed by atoms with E-state index in [-0.39, 0.29) is 22.0 Å². The first kappa shape index (κ1) is 17.8. The molecular weight excluding hydrogens is 360 g/mol. The van der Waals surface area contributed by atoms with E-state index in [1.165, 1.54) is 43.5 Å². The smallest absolute Gasteiger partial charge is 0.261 e. The van der Waals surface area contributed by atoms with Gasteiger partial charge in [-0.15, -0.1) is 0 Å². The molecule has 1 heterocycles. The number of rotatable bonds is 5. The molecule has 0 fully saturated rings. The molecule has 0 saturated heterocycles. The molecule has 2 N–H and O–H groups in total. The molecule has 0 radical (unpaired) electrons. The van der Waals surface area contributed by atoms with E-state index in [0.29, 0.717) is 11.5 Å². The van der Waals surface area contributed by atoms with Crippen LogP contribution >= 0.6 is 0 Å². The Kier molecular flexibility index (Phi) is 4.85. The number of nitrogens with one attached hydrogen (secondary N) is 2. The minimum Gasteiger partial charge on any atom is -0.340 e. The summed E-state index contributed by atoms with van der Waals surface area (Å²) in [6.07, 6.45) is 1.33. The molecule has 0 unspecified atom stereocenters. The van der Waals surface area contributed by atoms with Gasteiger partial charge < -0.3 is 5.32 Å². The van der Waals surface area contributed by atoms with Crippen molar-refractivity contribution in [3.8, 4) is 0 Å². The van der Waals surface area contributed by atoms with Gasteiger partial charge in [-0.3, -0.25) is 4.72 Å². The highest BCUT2D eigenvalue weighted by atomic mass is 32.2. The molecule has 134 valence electrons.